The minimum absolute atomic E-state index is 0.361. The Hall–Kier alpha value is -2.01. The first kappa shape index (κ1) is 16.8. The molecule has 0 aliphatic carbocycles. The third kappa shape index (κ3) is 4.09. The fourth-order valence-corrected chi connectivity index (χ4v) is 3.05. The lowest BCUT2D eigenvalue weighted by molar-refractivity contribution is 0.346. The van der Waals surface area contributed by atoms with Crippen molar-refractivity contribution in [1.29, 1.82) is 0 Å². The fourth-order valence-electron chi connectivity index (χ4n) is 3.05. The largest absolute Gasteiger partial charge is 0.353 e. The van der Waals surface area contributed by atoms with Crippen molar-refractivity contribution in [2.24, 2.45) is 0 Å². The molecule has 0 spiro atoms. The standard InChI is InChI=1S/C17H21B2N5/c1-11-9-13(18)10-12(2)16(11)22-15-3-6-20-17(23-15)21-14-4-7-24(19)8-5-14/h3,6,9-10,14H,4-5,7-8H2,1-2H3,(H2,20,21,22,23). The molecule has 1 aromatic carbocycles. The Labute approximate surface area is 146 Å². The number of nitrogens with zero attached hydrogens (tertiary/aromatic N) is 3. The smallest absolute Gasteiger partial charge is 0.224 e. The van der Waals surface area contributed by atoms with Crippen LogP contribution in [0.15, 0.2) is 24.4 Å². The summed E-state index contributed by atoms with van der Waals surface area (Å²) in [4.78, 5) is 10.8. The van der Waals surface area contributed by atoms with Crippen molar-refractivity contribution >= 4 is 38.7 Å². The van der Waals surface area contributed by atoms with Crippen molar-refractivity contribution in [1.82, 2.24) is 14.8 Å². The third-order valence-corrected chi connectivity index (χ3v) is 4.33. The molecule has 2 aromatic rings. The summed E-state index contributed by atoms with van der Waals surface area (Å²) >= 11 is 0. The van der Waals surface area contributed by atoms with Gasteiger partial charge in [0.25, 0.3) is 0 Å². The van der Waals surface area contributed by atoms with Crippen molar-refractivity contribution in [3.8, 4) is 0 Å². The molecule has 0 atom stereocenters. The number of rotatable bonds is 4. The van der Waals surface area contributed by atoms with E-state index in [1.807, 2.05) is 36.9 Å². The van der Waals surface area contributed by atoms with Crippen LogP contribution in [0.1, 0.15) is 24.0 Å². The predicted molar refractivity (Wildman–Crippen MR) is 101 cm³/mol. The zero-order valence-corrected chi connectivity index (χ0v) is 14.2. The van der Waals surface area contributed by atoms with Gasteiger partial charge in [0.1, 0.15) is 13.7 Å². The molecule has 0 amide bonds. The summed E-state index contributed by atoms with van der Waals surface area (Å²) in [6, 6.07) is 6.13. The topological polar surface area (TPSA) is 53.1 Å². The molecule has 2 N–H and O–H groups in total. The molecular weight excluding hydrogens is 296 g/mol. The summed E-state index contributed by atoms with van der Waals surface area (Å²) in [7, 11) is 11.7. The Morgan fingerprint density at radius 3 is 2.50 bits per heavy atom. The van der Waals surface area contributed by atoms with Crippen molar-refractivity contribution in [2.75, 3.05) is 23.7 Å². The molecule has 1 saturated heterocycles. The maximum absolute atomic E-state index is 5.88. The molecule has 5 nitrogen and oxygen atoms in total. The number of aryl methyl sites for hydroxylation is 2. The van der Waals surface area contributed by atoms with E-state index in [-0.39, 0.29) is 0 Å². The van der Waals surface area contributed by atoms with E-state index in [1.54, 1.807) is 6.20 Å². The van der Waals surface area contributed by atoms with Crippen LogP contribution in [-0.4, -0.2) is 49.7 Å². The van der Waals surface area contributed by atoms with Gasteiger partial charge in [-0.2, -0.15) is 4.98 Å². The molecule has 2 heterocycles. The Morgan fingerprint density at radius 2 is 1.83 bits per heavy atom. The second kappa shape index (κ2) is 7.26. The van der Waals surface area contributed by atoms with Crippen LogP contribution in [0.2, 0.25) is 0 Å². The summed E-state index contributed by atoms with van der Waals surface area (Å²) in [5, 5.41) is 6.78. The number of hydrogen-bond donors (Lipinski definition) is 2. The van der Waals surface area contributed by atoms with E-state index in [0.29, 0.717) is 12.0 Å². The van der Waals surface area contributed by atoms with Crippen molar-refractivity contribution in [3.05, 3.63) is 35.5 Å². The van der Waals surface area contributed by atoms with Crippen LogP contribution >= 0.6 is 0 Å². The van der Waals surface area contributed by atoms with Crippen molar-refractivity contribution in [3.63, 3.8) is 0 Å². The van der Waals surface area contributed by atoms with Gasteiger partial charge in [-0.1, -0.05) is 17.6 Å². The first-order valence-corrected chi connectivity index (χ1v) is 8.24. The molecule has 0 unspecified atom stereocenters. The van der Waals surface area contributed by atoms with Crippen LogP contribution in [0.25, 0.3) is 0 Å². The molecular formula is C17H21B2N5. The van der Waals surface area contributed by atoms with Gasteiger partial charge >= 0.3 is 0 Å². The summed E-state index contributed by atoms with van der Waals surface area (Å²) in [6.45, 7) is 5.85. The lowest BCUT2D eigenvalue weighted by Gasteiger charge is -2.30. The summed E-state index contributed by atoms with van der Waals surface area (Å²) in [5.41, 5.74) is 3.99. The maximum Gasteiger partial charge on any atom is 0.224 e. The molecule has 120 valence electrons. The molecule has 1 aliphatic heterocycles. The zero-order chi connectivity index (χ0) is 17.1. The number of aromatic nitrogens is 2. The molecule has 7 heteroatoms. The highest BCUT2D eigenvalue weighted by molar-refractivity contribution is 6.32. The maximum atomic E-state index is 5.88. The van der Waals surface area contributed by atoms with Crippen LogP contribution < -0.4 is 16.1 Å². The van der Waals surface area contributed by atoms with Crippen LogP contribution in [0.4, 0.5) is 17.5 Å². The Kier molecular flexibility index (Phi) is 5.09. The zero-order valence-electron chi connectivity index (χ0n) is 14.2. The Morgan fingerprint density at radius 1 is 1.17 bits per heavy atom. The molecule has 1 fully saturated rings. The van der Waals surface area contributed by atoms with E-state index in [0.717, 1.165) is 54.0 Å². The normalized spacial score (nSPS) is 16.1. The van der Waals surface area contributed by atoms with Gasteiger partial charge in [-0.05, 0) is 57.0 Å². The summed E-state index contributed by atoms with van der Waals surface area (Å²) < 4.78 is 0. The highest BCUT2D eigenvalue weighted by Crippen LogP contribution is 2.23. The lowest BCUT2D eigenvalue weighted by Crippen LogP contribution is -2.37. The minimum Gasteiger partial charge on any atom is -0.353 e. The van der Waals surface area contributed by atoms with Gasteiger partial charge < -0.3 is 15.4 Å². The SMILES string of the molecule is [B]c1cc(C)c(Nc2ccnc(NC3CCN([B])CC3)n2)c(C)c1. The average Bonchev–Trinajstić information content (AvgIpc) is 2.53. The highest BCUT2D eigenvalue weighted by Gasteiger charge is 2.17. The summed E-state index contributed by atoms with van der Waals surface area (Å²) in [6.07, 6.45) is 3.75. The van der Waals surface area contributed by atoms with Gasteiger partial charge in [0, 0.05) is 17.9 Å². The van der Waals surface area contributed by atoms with Gasteiger partial charge in [0.15, 0.2) is 7.98 Å². The number of benzene rings is 1. The van der Waals surface area contributed by atoms with Crippen LogP contribution in [0.5, 0.6) is 0 Å². The Balaban J connectivity index is 1.72. The number of piperidine rings is 1. The molecule has 0 saturated carbocycles. The molecule has 4 radical (unpaired) electrons. The molecule has 3 rings (SSSR count). The van der Waals surface area contributed by atoms with E-state index >= 15 is 0 Å². The number of anilines is 3. The molecule has 24 heavy (non-hydrogen) atoms. The fraction of sp³-hybridized carbons (Fsp3) is 0.412. The second-order valence-corrected chi connectivity index (χ2v) is 6.37. The van der Waals surface area contributed by atoms with Gasteiger partial charge in [0.2, 0.25) is 5.95 Å². The van der Waals surface area contributed by atoms with Crippen LogP contribution in [0.3, 0.4) is 0 Å². The quantitative estimate of drug-likeness (QED) is 0.839. The third-order valence-electron chi connectivity index (χ3n) is 4.33. The van der Waals surface area contributed by atoms with Gasteiger partial charge in [-0.25, -0.2) is 4.98 Å². The molecule has 0 bridgehead atoms. The first-order valence-electron chi connectivity index (χ1n) is 8.24. The van der Waals surface area contributed by atoms with Crippen molar-refractivity contribution < 1.29 is 0 Å². The molecule has 1 aliphatic rings. The summed E-state index contributed by atoms with van der Waals surface area (Å²) in [5.74, 6) is 1.40. The van der Waals surface area contributed by atoms with Gasteiger partial charge in [-0.3, -0.25) is 0 Å². The van der Waals surface area contributed by atoms with Crippen LogP contribution in [0, 0.1) is 13.8 Å². The average molecular weight is 317 g/mol. The van der Waals surface area contributed by atoms with E-state index < -0.39 is 0 Å². The lowest BCUT2D eigenvalue weighted by atomic mass is 9.91. The monoisotopic (exact) mass is 317 g/mol. The molecule has 1 aromatic heterocycles. The van der Waals surface area contributed by atoms with E-state index in [1.165, 1.54) is 0 Å². The minimum atomic E-state index is 0.361. The number of nitrogens with one attached hydrogen (secondary N) is 2. The van der Waals surface area contributed by atoms with Crippen LogP contribution in [-0.2, 0) is 0 Å². The van der Waals surface area contributed by atoms with Gasteiger partial charge in [-0.15, -0.1) is 0 Å². The second-order valence-electron chi connectivity index (χ2n) is 6.37. The van der Waals surface area contributed by atoms with Gasteiger partial charge in [0.05, 0.1) is 0 Å². The van der Waals surface area contributed by atoms with E-state index in [9.17, 15) is 0 Å². The van der Waals surface area contributed by atoms with E-state index in [2.05, 4.69) is 20.6 Å². The van der Waals surface area contributed by atoms with Crippen molar-refractivity contribution in [2.45, 2.75) is 32.7 Å². The Bertz CT molecular complexity index is 691. The first-order chi connectivity index (χ1) is 11.5. The number of hydrogen-bond acceptors (Lipinski definition) is 5. The predicted octanol–water partition coefficient (Wildman–Crippen LogP) is 1.59. The van der Waals surface area contributed by atoms with E-state index in [4.69, 9.17) is 15.8 Å². The highest BCUT2D eigenvalue weighted by atomic mass is 15.2.